The Morgan fingerprint density at radius 1 is 1.09 bits per heavy atom. The molecule has 2 heterocycles. The van der Waals surface area contributed by atoms with Gasteiger partial charge in [-0.3, -0.25) is 9.59 Å². The lowest BCUT2D eigenvalue weighted by Crippen LogP contribution is -2.62. The number of hydrogen-bond donors (Lipinski definition) is 1. The number of carbonyl (C=O) groups is 2. The van der Waals surface area contributed by atoms with E-state index in [1.54, 1.807) is 4.90 Å². The fourth-order valence-electron chi connectivity index (χ4n) is 4.89. The van der Waals surface area contributed by atoms with E-state index in [4.69, 9.17) is 4.74 Å². The molecule has 0 saturated heterocycles. The highest BCUT2D eigenvalue weighted by molar-refractivity contribution is 7.17. The van der Waals surface area contributed by atoms with Crippen molar-refractivity contribution in [1.82, 2.24) is 15.2 Å². The minimum absolute atomic E-state index is 0.0665. The summed E-state index contributed by atoms with van der Waals surface area (Å²) in [4.78, 5) is 34.4. The molecule has 2 aromatic carbocycles. The molecule has 3 aromatic rings. The van der Waals surface area contributed by atoms with Gasteiger partial charge >= 0.3 is 0 Å². The zero-order chi connectivity index (χ0) is 24.3. The topological polar surface area (TPSA) is 71.5 Å². The quantitative estimate of drug-likeness (QED) is 0.523. The Kier molecular flexibility index (Phi) is 6.86. The smallest absolute Gasteiger partial charge is 0.270 e. The van der Waals surface area contributed by atoms with Gasteiger partial charge in [0.15, 0.2) is 10.4 Å². The van der Waals surface area contributed by atoms with Crippen LogP contribution in [0.1, 0.15) is 54.3 Å². The first-order chi connectivity index (χ1) is 17.0. The van der Waals surface area contributed by atoms with Gasteiger partial charge < -0.3 is 15.0 Å². The third-order valence-electron chi connectivity index (χ3n) is 7.04. The molecule has 0 unspecified atom stereocenters. The molecule has 0 bridgehead atoms. The number of thiazole rings is 1. The van der Waals surface area contributed by atoms with Crippen LogP contribution in [0.25, 0.3) is 10.6 Å². The van der Waals surface area contributed by atoms with E-state index in [1.165, 1.54) is 17.8 Å². The van der Waals surface area contributed by atoms with E-state index < -0.39 is 5.54 Å². The molecule has 1 fully saturated rings. The first-order valence-electron chi connectivity index (χ1n) is 12.4. The van der Waals surface area contributed by atoms with Crippen molar-refractivity contribution < 1.29 is 14.3 Å². The normalized spacial score (nSPS) is 20.6. The molecule has 5 rings (SSSR count). The maximum Gasteiger partial charge on any atom is 0.270 e. The van der Waals surface area contributed by atoms with Crippen LogP contribution in [-0.4, -0.2) is 46.4 Å². The Labute approximate surface area is 210 Å². The summed E-state index contributed by atoms with van der Waals surface area (Å²) in [5.41, 5.74) is 0.932. The van der Waals surface area contributed by atoms with Crippen molar-refractivity contribution in [2.24, 2.45) is 0 Å². The van der Waals surface area contributed by atoms with Crippen LogP contribution in [0.2, 0.25) is 0 Å². The minimum Gasteiger partial charge on any atom is -0.473 e. The highest BCUT2D eigenvalue weighted by Crippen LogP contribution is 2.37. The van der Waals surface area contributed by atoms with Gasteiger partial charge in [-0.05, 0) is 31.7 Å². The second-order valence-corrected chi connectivity index (χ2v) is 10.6. The van der Waals surface area contributed by atoms with Crippen molar-refractivity contribution in [3.05, 3.63) is 71.1 Å². The molecule has 1 aromatic heterocycles. The third-order valence-corrected chi connectivity index (χ3v) is 8.11. The summed E-state index contributed by atoms with van der Waals surface area (Å²) in [5, 5.41) is 3.97. The summed E-state index contributed by atoms with van der Waals surface area (Å²) in [7, 11) is 0. The van der Waals surface area contributed by atoms with E-state index in [0.29, 0.717) is 23.7 Å². The second-order valence-electron chi connectivity index (χ2n) is 9.58. The molecule has 0 radical (unpaired) electrons. The number of hydrogen-bond acceptors (Lipinski definition) is 5. The van der Waals surface area contributed by atoms with Crippen LogP contribution in [0.4, 0.5) is 0 Å². The molecule has 1 saturated carbocycles. The lowest BCUT2D eigenvalue weighted by Gasteiger charge is -2.39. The molecular formula is C28H31N3O3S. The number of carbonyl (C=O) groups excluding carboxylic acids is 2. The lowest BCUT2D eigenvalue weighted by molar-refractivity contribution is -0.133. The SMILES string of the molecule is C[C@@]1(C(=O)NC2CCCCC2)COc2nc(-c3ccccc3)sc2C(=O)N1CCc1ccccc1. The fourth-order valence-corrected chi connectivity index (χ4v) is 5.85. The number of amides is 2. The van der Waals surface area contributed by atoms with Crippen LogP contribution in [0.5, 0.6) is 5.88 Å². The van der Waals surface area contributed by atoms with Crippen molar-refractivity contribution in [3.63, 3.8) is 0 Å². The van der Waals surface area contributed by atoms with Gasteiger partial charge in [0, 0.05) is 18.2 Å². The summed E-state index contributed by atoms with van der Waals surface area (Å²) in [6.45, 7) is 2.30. The molecule has 1 atom stereocenters. The zero-order valence-corrected chi connectivity index (χ0v) is 20.9. The van der Waals surface area contributed by atoms with Crippen molar-refractivity contribution in [2.75, 3.05) is 13.2 Å². The summed E-state index contributed by atoms with van der Waals surface area (Å²) in [6, 6.07) is 20.0. The van der Waals surface area contributed by atoms with E-state index in [1.807, 2.05) is 67.6 Å². The molecule has 35 heavy (non-hydrogen) atoms. The minimum atomic E-state index is -1.13. The van der Waals surface area contributed by atoms with E-state index in [-0.39, 0.29) is 24.5 Å². The largest absolute Gasteiger partial charge is 0.473 e. The predicted molar refractivity (Wildman–Crippen MR) is 138 cm³/mol. The number of benzene rings is 2. The fraction of sp³-hybridized carbons (Fsp3) is 0.393. The number of aromatic nitrogens is 1. The number of nitrogens with one attached hydrogen (secondary N) is 1. The van der Waals surface area contributed by atoms with Gasteiger partial charge in [0.05, 0.1) is 0 Å². The van der Waals surface area contributed by atoms with Crippen molar-refractivity contribution in [1.29, 1.82) is 0 Å². The summed E-state index contributed by atoms with van der Waals surface area (Å²) in [6.07, 6.45) is 6.07. The van der Waals surface area contributed by atoms with Crippen LogP contribution in [-0.2, 0) is 11.2 Å². The average molecular weight is 490 g/mol. The van der Waals surface area contributed by atoms with Crippen LogP contribution in [0.3, 0.4) is 0 Å². The van der Waals surface area contributed by atoms with E-state index in [2.05, 4.69) is 10.3 Å². The maximum absolute atomic E-state index is 14.0. The molecule has 0 spiro atoms. The maximum atomic E-state index is 14.0. The Morgan fingerprint density at radius 2 is 1.77 bits per heavy atom. The molecule has 7 heteroatoms. The van der Waals surface area contributed by atoms with Crippen LogP contribution < -0.4 is 10.1 Å². The molecule has 1 N–H and O–H groups in total. The van der Waals surface area contributed by atoms with Crippen LogP contribution in [0, 0.1) is 0 Å². The highest BCUT2D eigenvalue weighted by Gasteiger charge is 2.47. The van der Waals surface area contributed by atoms with Gasteiger partial charge in [0.1, 0.15) is 11.6 Å². The number of nitrogens with zero attached hydrogens (tertiary/aromatic N) is 2. The molecule has 6 nitrogen and oxygen atoms in total. The lowest BCUT2D eigenvalue weighted by atomic mass is 9.93. The molecule has 2 amide bonds. The predicted octanol–water partition coefficient (Wildman–Crippen LogP) is 5.10. The average Bonchev–Trinajstić information content (AvgIpc) is 3.30. The first kappa shape index (κ1) is 23.5. The molecular weight excluding hydrogens is 458 g/mol. The Morgan fingerprint density at radius 3 is 2.49 bits per heavy atom. The van der Waals surface area contributed by atoms with E-state index >= 15 is 0 Å². The third kappa shape index (κ3) is 4.96. The Bertz CT molecular complexity index is 1170. The molecule has 1 aliphatic carbocycles. The van der Waals surface area contributed by atoms with Gasteiger partial charge in [-0.2, -0.15) is 0 Å². The number of fused-ring (bicyclic) bond motifs is 1. The highest BCUT2D eigenvalue weighted by atomic mass is 32.1. The van der Waals surface area contributed by atoms with Gasteiger partial charge in [0.2, 0.25) is 11.8 Å². The summed E-state index contributed by atoms with van der Waals surface area (Å²) >= 11 is 1.32. The van der Waals surface area contributed by atoms with Gasteiger partial charge in [-0.25, -0.2) is 4.98 Å². The zero-order valence-electron chi connectivity index (χ0n) is 20.0. The first-order valence-corrected chi connectivity index (χ1v) is 13.2. The Hall–Kier alpha value is -3.19. The van der Waals surface area contributed by atoms with Crippen molar-refractivity contribution in [3.8, 4) is 16.5 Å². The standard InChI is InChI=1S/C28H31N3O3S/c1-28(27(33)29-22-15-9-4-10-16-22)19-34-24-23(35-25(30-24)21-13-7-3-8-14-21)26(32)31(28)18-17-20-11-5-2-6-12-20/h2-3,5-8,11-14,22H,4,9-10,15-19H2,1H3,(H,29,33)/t28-/m0/s1. The van der Waals surface area contributed by atoms with Crippen LogP contribution in [0.15, 0.2) is 60.7 Å². The van der Waals surface area contributed by atoms with Crippen LogP contribution >= 0.6 is 11.3 Å². The van der Waals surface area contributed by atoms with Crippen molar-refractivity contribution in [2.45, 2.75) is 57.0 Å². The summed E-state index contributed by atoms with van der Waals surface area (Å²) in [5.74, 6) is -0.0311. The monoisotopic (exact) mass is 489 g/mol. The Balaban J connectivity index is 1.45. The molecule has 182 valence electrons. The van der Waals surface area contributed by atoms with Gasteiger partial charge in [-0.15, -0.1) is 11.3 Å². The van der Waals surface area contributed by atoms with Gasteiger partial charge in [0.25, 0.3) is 5.91 Å². The summed E-state index contributed by atoms with van der Waals surface area (Å²) < 4.78 is 6.11. The van der Waals surface area contributed by atoms with Crippen molar-refractivity contribution >= 4 is 23.2 Å². The van der Waals surface area contributed by atoms with E-state index in [0.717, 1.165) is 41.8 Å². The number of ether oxygens (including phenoxy) is 1. The van der Waals surface area contributed by atoms with Gasteiger partial charge in [-0.1, -0.05) is 79.9 Å². The number of rotatable bonds is 6. The molecule has 1 aliphatic heterocycles. The van der Waals surface area contributed by atoms with E-state index in [9.17, 15) is 9.59 Å². The molecule has 2 aliphatic rings. The second kappa shape index (κ2) is 10.2.